The minimum Gasteiger partial charge on any atom is -0.378 e. The molecule has 16 heavy (non-hydrogen) atoms. The summed E-state index contributed by atoms with van der Waals surface area (Å²) in [6.45, 7) is 4.66. The smallest absolute Gasteiger partial charge is 0.152 e. The third kappa shape index (κ3) is 2.33. The van der Waals surface area contributed by atoms with Crippen LogP contribution in [-0.4, -0.2) is 15.2 Å². The third-order valence-electron chi connectivity index (χ3n) is 2.38. The highest BCUT2D eigenvalue weighted by Crippen LogP contribution is 2.20. The molecule has 0 saturated heterocycles. The Bertz CT molecular complexity index is 492. The number of pyridine rings is 1. The van der Waals surface area contributed by atoms with E-state index < -0.39 is 0 Å². The molecule has 84 valence electrons. The van der Waals surface area contributed by atoms with Crippen molar-refractivity contribution < 1.29 is 0 Å². The normalized spacial score (nSPS) is 10.4. The second-order valence-electron chi connectivity index (χ2n) is 3.72. The molecule has 0 amide bonds. The van der Waals surface area contributed by atoms with Crippen molar-refractivity contribution in [2.45, 2.75) is 20.4 Å². The molecule has 0 unspecified atom stereocenters. The van der Waals surface area contributed by atoms with Gasteiger partial charge in [-0.25, -0.2) is 4.98 Å². The average Bonchev–Trinajstić information content (AvgIpc) is 2.66. The summed E-state index contributed by atoms with van der Waals surface area (Å²) >= 11 is 5.98. The molecule has 5 heteroatoms. The van der Waals surface area contributed by atoms with Crippen molar-refractivity contribution in [2.75, 3.05) is 5.32 Å². The topological polar surface area (TPSA) is 53.6 Å². The van der Waals surface area contributed by atoms with Gasteiger partial charge in [-0.05, 0) is 25.5 Å². The lowest BCUT2D eigenvalue weighted by Crippen LogP contribution is -2.01. The first kappa shape index (κ1) is 11.0. The van der Waals surface area contributed by atoms with Crippen LogP contribution in [0.2, 0.25) is 5.15 Å². The Kier molecular flexibility index (Phi) is 3.10. The van der Waals surface area contributed by atoms with Crippen LogP contribution in [0, 0.1) is 13.8 Å². The zero-order valence-electron chi connectivity index (χ0n) is 9.21. The molecular weight excluding hydrogens is 224 g/mol. The number of aryl methyl sites for hydroxylation is 2. The van der Waals surface area contributed by atoms with Gasteiger partial charge in [0.15, 0.2) is 5.15 Å². The standard InChI is InChI=1S/C11H13ClN4/c1-7-3-10(11(12)14-4-7)13-5-9-6-15-16-8(9)2/h3-4,6,13H,5H2,1-2H3,(H,15,16). The summed E-state index contributed by atoms with van der Waals surface area (Å²) in [7, 11) is 0. The predicted octanol–water partition coefficient (Wildman–Crippen LogP) is 2.69. The summed E-state index contributed by atoms with van der Waals surface area (Å²) < 4.78 is 0. The second-order valence-corrected chi connectivity index (χ2v) is 4.08. The van der Waals surface area contributed by atoms with Crippen LogP contribution < -0.4 is 5.32 Å². The monoisotopic (exact) mass is 236 g/mol. The zero-order valence-corrected chi connectivity index (χ0v) is 9.97. The Hall–Kier alpha value is -1.55. The van der Waals surface area contributed by atoms with Crippen molar-refractivity contribution in [3.63, 3.8) is 0 Å². The highest BCUT2D eigenvalue weighted by Gasteiger charge is 2.04. The van der Waals surface area contributed by atoms with E-state index in [0.717, 1.165) is 22.5 Å². The van der Waals surface area contributed by atoms with Crippen molar-refractivity contribution in [2.24, 2.45) is 0 Å². The molecule has 4 nitrogen and oxygen atoms in total. The molecule has 2 N–H and O–H groups in total. The summed E-state index contributed by atoms with van der Waals surface area (Å²) in [4.78, 5) is 4.08. The van der Waals surface area contributed by atoms with E-state index in [4.69, 9.17) is 11.6 Å². The number of rotatable bonds is 3. The van der Waals surface area contributed by atoms with Crippen LogP contribution in [0.3, 0.4) is 0 Å². The van der Waals surface area contributed by atoms with Crippen molar-refractivity contribution in [3.8, 4) is 0 Å². The Labute approximate surface area is 99.1 Å². The van der Waals surface area contributed by atoms with Crippen LogP contribution in [-0.2, 0) is 6.54 Å². The van der Waals surface area contributed by atoms with Crippen molar-refractivity contribution >= 4 is 17.3 Å². The number of H-pyrrole nitrogens is 1. The van der Waals surface area contributed by atoms with Crippen molar-refractivity contribution in [3.05, 3.63) is 40.4 Å². The molecule has 0 spiro atoms. The fraction of sp³-hybridized carbons (Fsp3) is 0.273. The first-order chi connectivity index (χ1) is 7.66. The number of hydrogen-bond acceptors (Lipinski definition) is 3. The van der Waals surface area contributed by atoms with Crippen LogP contribution in [0.5, 0.6) is 0 Å². The van der Waals surface area contributed by atoms with Crippen LogP contribution >= 0.6 is 11.6 Å². The van der Waals surface area contributed by atoms with Crippen LogP contribution in [0.25, 0.3) is 0 Å². The van der Waals surface area contributed by atoms with Gasteiger partial charge in [0.25, 0.3) is 0 Å². The molecular formula is C11H13ClN4. The van der Waals surface area contributed by atoms with E-state index in [0.29, 0.717) is 11.7 Å². The minimum absolute atomic E-state index is 0.492. The number of halogens is 1. The Balaban J connectivity index is 2.10. The van der Waals surface area contributed by atoms with Crippen LogP contribution in [0.4, 0.5) is 5.69 Å². The summed E-state index contributed by atoms with van der Waals surface area (Å²) in [6.07, 6.45) is 3.55. The first-order valence-corrected chi connectivity index (χ1v) is 5.39. The van der Waals surface area contributed by atoms with Gasteiger partial charge in [0, 0.05) is 24.0 Å². The molecule has 0 bridgehead atoms. The maximum Gasteiger partial charge on any atom is 0.152 e. The van der Waals surface area contributed by atoms with E-state index in [-0.39, 0.29) is 0 Å². The fourth-order valence-electron chi connectivity index (χ4n) is 1.42. The molecule has 2 aromatic heterocycles. The third-order valence-corrected chi connectivity index (χ3v) is 2.68. The van der Waals surface area contributed by atoms with Crippen LogP contribution in [0.15, 0.2) is 18.5 Å². The number of aromatic amines is 1. The van der Waals surface area contributed by atoms with Gasteiger partial charge in [0.2, 0.25) is 0 Å². The van der Waals surface area contributed by atoms with E-state index in [9.17, 15) is 0 Å². The van der Waals surface area contributed by atoms with E-state index in [1.54, 1.807) is 12.4 Å². The molecule has 0 fully saturated rings. The molecule has 2 heterocycles. The number of anilines is 1. The maximum atomic E-state index is 5.98. The lowest BCUT2D eigenvalue weighted by molar-refractivity contribution is 1.04. The number of nitrogens with zero attached hydrogens (tertiary/aromatic N) is 2. The van der Waals surface area contributed by atoms with Gasteiger partial charge in [-0.2, -0.15) is 5.10 Å². The zero-order chi connectivity index (χ0) is 11.5. The van der Waals surface area contributed by atoms with Gasteiger partial charge >= 0.3 is 0 Å². The van der Waals surface area contributed by atoms with Crippen molar-refractivity contribution in [1.29, 1.82) is 0 Å². The van der Waals surface area contributed by atoms with Gasteiger partial charge in [0.1, 0.15) is 0 Å². The Morgan fingerprint density at radius 3 is 2.88 bits per heavy atom. The number of aromatic nitrogens is 3. The van der Waals surface area contributed by atoms with Gasteiger partial charge in [-0.1, -0.05) is 11.6 Å². The Morgan fingerprint density at radius 1 is 1.38 bits per heavy atom. The summed E-state index contributed by atoms with van der Waals surface area (Å²) in [5, 5.41) is 10.6. The predicted molar refractivity (Wildman–Crippen MR) is 64.6 cm³/mol. The van der Waals surface area contributed by atoms with Gasteiger partial charge in [-0.3, -0.25) is 5.10 Å². The van der Waals surface area contributed by atoms with E-state index in [2.05, 4.69) is 20.5 Å². The van der Waals surface area contributed by atoms with E-state index >= 15 is 0 Å². The molecule has 0 radical (unpaired) electrons. The molecule has 0 saturated carbocycles. The lowest BCUT2D eigenvalue weighted by Gasteiger charge is -2.07. The molecule has 0 atom stereocenters. The van der Waals surface area contributed by atoms with Gasteiger partial charge in [-0.15, -0.1) is 0 Å². The summed E-state index contributed by atoms with van der Waals surface area (Å²) in [5.41, 5.74) is 4.11. The summed E-state index contributed by atoms with van der Waals surface area (Å²) in [6, 6.07) is 1.98. The molecule has 2 rings (SSSR count). The average molecular weight is 237 g/mol. The molecule has 0 aliphatic heterocycles. The largest absolute Gasteiger partial charge is 0.378 e. The first-order valence-electron chi connectivity index (χ1n) is 5.01. The second kappa shape index (κ2) is 4.53. The number of hydrogen-bond donors (Lipinski definition) is 2. The SMILES string of the molecule is Cc1cnc(Cl)c(NCc2cn[nH]c2C)c1. The highest BCUT2D eigenvalue weighted by molar-refractivity contribution is 6.31. The summed E-state index contributed by atoms with van der Waals surface area (Å²) in [5.74, 6) is 0. The van der Waals surface area contributed by atoms with Crippen LogP contribution in [0.1, 0.15) is 16.8 Å². The fourth-order valence-corrected chi connectivity index (χ4v) is 1.59. The Morgan fingerprint density at radius 2 is 2.19 bits per heavy atom. The molecule has 2 aromatic rings. The molecule has 0 aliphatic rings. The quantitative estimate of drug-likeness (QED) is 0.806. The van der Waals surface area contributed by atoms with Crippen molar-refractivity contribution in [1.82, 2.24) is 15.2 Å². The minimum atomic E-state index is 0.492. The lowest BCUT2D eigenvalue weighted by atomic mass is 10.2. The van der Waals surface area contributed by atoms with Gasteiger partial charge in [0.05, 0.1) is 11.9 Å². The molecule has 0 aliphatic carbocycles. The van der Waals surface area contributed by atoms with E-state index in [1.165, 1.54) is 0 Å². The molecule has 0 aromatic carbocycles. The maximum absolute atomic E-state index is 5.98. The van der Waals surface area contributed by atoms with E-state index in [1.807, 2.05) is 19.9 Å². The van der Waals surface area contributed by atoms with Gasteiger partial charge < -0.3 is 5.32 Å². The highest BCUT2D eigenvalue weighted by atomic mass is 35.5. The number of nitrogens with one attached hydrogen (secondary N) is 2.